The molecule has 0 spiro atoms. The second-order valence-electron chi connectivity index (χ2n) is 11.4. The number of hydrogen-bond donors (Lipinski definition) is 0. The van der Waals surface area contributed by atoms with Crippen LogP contribution in [0.25, 0.3) is 65.3 Å². The van der Waals surface area contributed by atoms with Gasteiger partial charge in [-0.1, -0.05) is 133 Å². The summed E-state index contributed by atoms with van der Waals surface area (Å²) in [5.41, 5.74) is 9.16. The second-order valence-corrected chi connectivity index (χ2v) is 11.4. The zero-order valence-corrected chi connectivity index (χ0v) is 22.3. The van der Waals surface area contributed by atoms with Crippen LogP contribution in [0.3, 0.4) is 0 Å². The lowest BCUT2D eigenvalue weighted by atomic mass is 9.73. The van der Waals surface area contributed by atoms with Crippen molar-refractivity contribution in [2.45, 2.75) is 12.3 Å². The van der Waals surface area contributed by atoms with Gasteiger partial charge in [-0.15, -0.1) is 0 Å². The Morgan fingerprint density at radius 2 is 1.07 bits per heavy atom. The molecule has 8 aromatic carbocycles. The molecule has 0 aliphatic heterocycles. The molecule has 9 rings (SSSR count). The molecule has 1 unspecified atom stereocenters. The smallest absolute Gasteiger partial charge is 0.0435 e. The van der Waals surface area contributed by atoms with Crippen molar-refractivity contribution in [1.82, 2.24) is 0 Å². The maximum Gasteiger partial charge on any atom is 0.0435 e. The van der Waals surface area contributed by atoms with Crippen LogP contribution in [0.2, 0.25) is 0 Å². The first-order valence-corrected chi connectivity index (χ1v) is 14.1. The van der Waals surface area contributed by atoms with Crippen molar-refractivity contribution in [1.29, 1.82) is 0 Å². The van der Waals surface area contributed by atoms with E-state index < -0.39 is 0 Å². The van der Waals surface area contributed by atoms with Crippen molar-refractivity contribution in [2.75, 3.05) is 0 Å². The van der Waals surface area contributed by atoms with Gasteiger partial charge in [0.15, 0.2) is 0 Å². The molecule has 0 heterocycles. The lowest BCUT2D eigenvalue weighted by Crippen LogP contribution is -2.22. The molecule has 0 bridgehead atoms. The highest BCUT2D eigenvalue weighted by Crippen LogP contribution is 2.55. The molecule has 186 valence electrons. The molecule has 0 saturated carbocycles. The first-order valence-electron chi connectivity index (χ1n) is 14.1. The summed E-state index contributed by atoms with van der Waals surface area (Å²) in [6.45, 7) is 2.41. The highest BCUT2D eigenvalue weighted by molar-refractivity contribution is 6.25. The molecular weight excluding hydrogens is 480 g/mol. The number of rotatable bonds is 2. The average Bonchev–Trinajstić information content (AvgIpc) is 3.29. The van der Waals surface area contributed by atoms with Gasteiger partial charge >= 0.3 is 0 Å². The van der Waals surface area contributed by atoms with Crippen LogP contribution in [-0.2, 0) is 5.41 Å². The van der Waals surface area contributed by atoms with Crippen LogP contribution < -0.4 is 0 Å². The van der Waals surface area contributed by atoms with Gasteiger partial charge in [-0.05, 0) is 95.0 Å². The largest absolute Gasteiger partial charge is 0.0622 e. The molecule has 0 fully saturated rings. The number of benzene rings is 8. The van der Waals surface area contributed by atoms with E-state index in [0.29, 0.717) is 0 Å². The topological polar surface area (TPSA) is 0 Å². The molecule has 0 nitrogen and oxygen atoms in total. The second kappa shape index (κ2) is 7.81. The number of fused-ring (bicyclic) bond motifs is 5. The molecule has 0 heteroatoms. The Balaban J connectivity index is 1.36. The van der Waals surface area contributed by atoms with Gasteiger partial charge < -0.3 is 0 Å². The normalized spacial score (nSPS) is 16.2. The molecule has 8 aromatic rings. The highest BCUT2D eigenvalue weighted by Gasteiger charge is 2.41. The van der Waals surface area contributed by atoms with E-state index in [1.54, 1.807) is 0 Å². The maximum atomic E-state index is 2.48. The van der Waals surface area contributed by atoms with Gasteiger partial charge in [0, 0.05) is 5.41 Å². The predicted molar refractivity (Wildman–Crippen MR) is 171 cm³/mol. The van der Waals surface area contributed by atoms with Crippen LogP contribution in [0.1, 0.15) is 23.6 Å². The van der Waals surface area contributed by atoms with Gasteiger partial charge in [-0.3, -0.25) is 0 Å². The molecule has 0 aromatic heterocycles. The minimum Gasteiger partial charge on any atom is -0.0622 e. The molecule has 1 atom stereocenters. The summed E-state index contributed by atoms with van der Waals surface area (Å²) in [6.07, 6.45) is 0. The summed E-state index contributed by atoms with van der Waals surface area (Å²) in [5, 5.41) is 10.6. The molecule has 40 heavy (non-hydrogen) atoms. The van der Waals surface area contributed by atoms with Crippen LogP contribution >= 0.6 is 0 Å². The van der Waals surface area contributed by atoms with Crippen molar-refractivity contribution < 1.29 is 0 Å². The SMILES string of the molecule is CC1(c2ccccc2)c2cc(-c3ccc4ccc5cccc6ccc3c4c56)ccc2-c2c1ccc1ccccc21. The fraction of sp³-hybridized carbons (Fsp3) is 0.0500. The first-order chi connectivity index (χ1) is 19.7. The summed E-state index contributed by atoms with van der Waals surface area (Å²) >= 11 is 0. The third kappa shape index (κ3) is 2.75. The van der Waals surface area contributed by atoms with E-state index in [0.717, 1.165) is 0 Å². The van der Waals surface area contributed by atoms with E-state index in [-0.39, 0.29) is 5.41 Å². The Morgan fingerprint density at radius 1 is 0.425 bits per heavy atom. The Labute approximate surface area is 233 Å². The zero-order valence-electron chi connectivity index (χ0n) is 22.3. The van der Waals surface area contributed by atoms with E-state index in [2.05, 4.69) is 146 Å². The molecular formula is C40H26. The van der Waals surface area contributed by atoms with Crippen molar-refractivity contribution in [3.05, 3.63) is 156 Å². The third-order valence-electron chi connectivity index (χ3n) is 9.49. The lowest BCUT2D eigenvalue weighted by molar-refractivity contribution is 0.714. The van der Waals surface area contributed by atoms with Crippen LogP contribution in [0.15, 0.2) is 140 Å². The molecule has 1 aliphatic carbocycles. The van der Waals surface area contributed by atoms with Gasteiger partial charge in [0.2, 0.25) is 0 Å². The van der Waals surface area contributed by atoms with Crippen LogP contribution in [0, 0.1) is 0 Å². The highest BCUT2D eigenvalue weighted by atomic mass is 14.4. The Morgan fingerprint density at radius 3 is 1.93 bits per heavy atom. The first kappa shape index (κ1) is 21.9. The number of hydrogen-bond acceptors (Lipinski definition) is 0. The fourth-order valence-electron chi connectivity index (χ4n) is 7.54. The summed E-state index contributed by atoms with van der Waals surface area (Å²) in [6, 6.07) is 52.1. The fourth-order valence-corrected chi connectivity index (χ4v) is 7.54. The lowest BCUT2D eigenvalue weighted by Gasteiger charge is -2.29. The molecule has 0 amide bonds. The van der Waals surface area contributed by atoms with E-state index in [9.17, 15) is 0 Å². The predicted octanol–water partition coefficient (Wildman–Crippen LogP) is 10.7. The van der Waals surface area contributed by atoms with E-state index in [1.165, 1.54) is 82.0 Å². The monoisotopic (exact) mass is 506 g/mol. The van der Waals surface area contributed by atoms with Crippen LogP contribution in [0.4, 0.5) is 0 Å². The van der Waals surface area contributed by atoms with Gasteiger partial charge in [-0.25, -0.2) is 0 Å². The summed E-state index contributed by atoms with van der Waals surface area (Å²) in [4.78, 5) is 0. The van der Waals surface area contributed by atoms with Crippen LogP contribution in [0.5, 0.6) is 0 Å². The Hall–Kier alpha value is -4.94. The van der Waals surface area contributed by atoms with Crippen LogP contribution in [-0.4, -0.2) is 0 Å². The van der Waals surface area contributed by atoms with Crippen molar-refractivity contribution in [2.24, 2.45) is 0 Å². The minimum absolute atomic E-state index is 0.240. The minimum atomic E-state index is -0.240. The van der Waals surface area contributed by atoms with E-state index >= 15 is 0 Å². The standard InChI is InChI=1S/C40H26/c1-40(30-11-3-2-4-12-30)35-23-19-25-8-5-6-13-32(25)39(35)34-22-18-29(24-36(34)40)31-20-16-28-15-14-26-9-7-10-27-17-21-33(31)38(28)37(26)27/h2-24H,1H3. The average molecular weight is 507 g/mol. The van der Waals surface area contributed by atoms with Gasteiger partial charge in [-0.2, -0.15) is 0 Å². The Kier molecular flexibility index (Phi) is 4.28. The summed E-state index contributed by atoms with van der Waals surface area (Å²) < 4.78 is 0. The van der Waals surface area contributed by atoms with Gasteiger partial charge in [0.1, 0.15) is 0 Å². The Bertz CT molecular complexity index is 2260. The molecule has 0 saturated heterocycles. The van der Waals surface area contributed by atoms with E-state index in [1.807, 2.05) is 0 Å². The van der Waals surface area contributed by atoms with Crippen molar-refractivity contribution in [3.63, 3.8) is 0 Å². The molecule has 0 N–H and O–H groups in total. The third-order valence-corrected chi connectivity index (χ3v) is 9.49. The maximum absolute atomic E-state index is 2.48. The molecule has 1 aliphatic rings. The van der Waals surface area contributed by atoms with E-state index in [4.69, 9.17) is 0 Å². The zero-order chi connectivity index (χ0) is 26.4. The summed E-state index contributed by atoms with van der Waals surface area (Å²) in [7, 11) is 0. The molecule has 0 radical (unpaired) electrons. The van der Waals surface area contributed by atoms with Gasteiger partial charge in [0.25, 0.3) is 0 Å². The van der Waals surface area contributed by atoms with Crippen molar-refractivity contribution in [3.8, 4) is 22.3 Å². The quantitative estimate of drug-likeness (QED) is 0.205. The van der Waals surface area contributed by atoms with Gasteiger partial charge in [0.05, 0.1) is 0 Å². The summed E-state index contributed by atoms with van der Waals surface area (Å²) in [5.74, 6) is 0. The van der Waals surface area contributed by atoms with Crippen molar-refractivity contribution >= 4 is 43.1 Å².